The molecular formula is C28H23FN4OS. The van der Waals surface area contributed by atoms with E-state index in [4.69, 9.17) is 4.74 Å². The van der Waals surface area contributed by atoms with Gasteiger partial charge < -0.3 is 4.74 Å². The van der Waals surface area contributed by atoms with Gasteiger partial charge in [0, 0.05) is 22.1 Å². The highest BCUT2D eigenvalue weighted by Crippen LogP contribution is 2.39. The molecule has 0 saturated heterocycles. The van der Waals surface area contributed by atoms with Crippen LogP contribution in [0.1, 0.15) is 35.4 Å². The normalized spacial score (nSPS) is 11.7. The molecule has 0 fully saturated rings. The van der Waals surface area contributed by atoms with E-state index in [-0.39, 0.29) is 11.0 Å². The third-order valence-electron chi connectivity index (χ3n) is 5.91. The summed E-state index contributed by atoms with van der Waals surface area (Å²) in [6.07, 6.45) is 0.581. The lowest BCUT2D eigenvalue weighted by Gasteiger charge is -2.11. The van der Waals surface area contributed by atoms with Crippen LogP contribution < -0.4 is 4.74 Å². The highest BCUT2D eigenvalue weighted by atomic mass is 32.1. The molecule has 3 aromatic carbocycles. The summed E-state index contributed by atoms with van der Waals surface area (Å²) in [6, 6.07) is 21.8. The first-order valence-electron chi connectivity index (χ1n) is 11.3. The van der Waals surface area contributed by atoms with E-state index in [0.29, 0.717) is 24.4 Å². The number of nitrogens with one attached hydrogen (secondary N) is 1. The number of H-pyrrole nitrogens is 1. The molecule has 0 amide bonds. The van der Waals surface area contributed by atoms with Gasteiger partial charge in [-0.3, -0.25) is 0 Å². The number of fused-ring (bicyclic) bond motifs is 1. The highest BCUT2D eigenvalue weighted by Gasteiger charge is 2.16. The van der Waals surface area contributed by atoms with Crippen LogP contribution in [-0.4, -0.2) is 20.6 Å². The Kier molecular flexibility index (Phi) is 6.55. The second-order valence-corrected chi connectivity index (χ2v) is 9.24. The second-order valence-electron chi connectivity index (χ2n) is 8.23. The number of halogens is 1. The average Bonchev–Trinajstić information content (AvgIpc) is 3.50. The van der Waals surface area contributed by atoms with E-state index in [1.54, 1.807) is 0 Å². The van der Waals surface area contributed by atoms with Crippen molar-refractivity contribution in [3.05, 3.63) is 94.4 Å². The fourth-order valence-electron chi connectivity index (χ4n) is 4.15. The van der Waals surface area contributed by atoms with Crippen LogP contribution in [0.25, 0.3) is 21.2 Å². The minimum Gasteiger partial charge on any atom is -0.489 e. The first-order valence-corrected chi connectivity index (χ1v) is 12.1. The van der Waals surface area contributed by atoms with Gasteiger partial charge in [-0.25, -0.2) is 0 Å². The second kappa shape index (κ2) is 10.1. The fraction of sp³-hybridized carbons (Fsp3) is 0.179. The van der Waals surface area contributed by atoms with Crippen molar-refractivity contribution < 1.29 is 9.13 Å². The Labute approximate surface area is 207 Å². The van der Waals surface area contributed by atoms with Crippen molar-refractivity contribution in [3.8, 4) is 28.7 Å². The van der Waals surface area contributed by atoms with Gasteiger partial charge in [-0.15, -0.1) is 27.5 Å². The topological polar surface area (TPSA) is 63.7 Å². The molecule has 2 aromatic heterocycles. The Bertz CT molecular complexity index is 1510. The van der Waals surface area contributed by atoms with Gasteiger partial charge >= 0.3 is 0 Å². The number of hydrogen-bond donors (Lipinski definition) is 1. The molecule has 5 rings (SSSR count). The third kappa shape index (κ3) is 4.93. The number of nitrogens with zero attached hydrogens (tertiary/aromatic N) is 3. The molecule has 7 heteroatoms. The summed E-state index contributed by atoms with van der Waals surface area (Å²) >= 11 is 1.18. The first kappa shape index (κ1) is 22.8. The summed E-state index contributed by atoms with van der Waals surface area (Å²) in [6.45, 7) is 4.22. The Morgan fingerprint density at radius 2 is 1.91 bits per heavy atom. The van der Waals surface area contributed by atoms with E-state index >= 15 is 0 Å². The lowest BCUT2D eigenvalue weighted by atomic mass is 9.96. The van der Waals surface area contributed by atoms with Gasteiger partial charge in [0.25, 0.3) is 0 Å². The molecule has 1 N–H and O–H groups in total. The maximum absolute atomic E-state index is 14.9. The Hall–Kier alpha value is -4.02. The van der Waals surface area contributed by atoms with Crippen LogP contribution in [0, 0.1) is 23.9 Å². The summed E-state index contributed by atoms with van der Waals surface area (Å²) < 4.78 is 21.9. The maximum Gasteiger partial charge on any atom is 0.185 e. The van der Waals surface area contributed by atoms with Gasteiger partial charge in [0.15, 0.2) is 11.0 Å². The fourth-order valence-corrected chi connectivity index (χ4v) is 5.07. The maximum atomic E-state index is 14.9. The van der Waals surface area contributed by atoms with Crippen molar-refractivity contribution in [1.29, 1.82) is 0 Å². The summed E-state index contributed by atoms with van der Waals surface area (Å²) in [4.78, 5) is 0. The summed E-state index contributed by atoms with van der Waals surface area (Å²) in [5.74, 6) is 7.56. The largest absolute Gasteiger partial charge is 0.489 e. The van der Waals surface area contributed by atoms with Crippen molar-refractivity contribution in [2.75, 3.05) is 0 Å². The van der Waals surface area contributed by atoms with Crippen molar-refractivity contribution in [2.24, 2.45) is 0 Å². The molecule has 0 unspecified atom stereocenters. The molecule has 35 heavy (non-hydrogen) atoms. The van der Waals surface area contributed by atoms with Gasteiger partial charge in [0.1, 0.15) is 12.4 Å². The van der Waals surface area contributed by atoms with Crippen LogP contribution in [0.15, 0.2) is 66.7 Å². The zero-order valence-corrected chi connectivity index (χ0v) is 20.2. The Morgan fingerprint density at radius 1 is 1.09 bits per heavy atom. The molecule has 5 nitrogen and oxygen atoms in total. The molecule has 0 aliphatic rings. The molecule has 5 aromatic rings. The van der Waals surface area contributed by atoms with E-state index in [1.807, 2.05) is 80.6 Å². The van der Waals surface area contributed by atoms with E-state index < -0.39 is 0 Å². The van der Waals surface area contributed by atoms with Crippen LogP contribution >= 0.6 is 11.3 Å². The number of aromatic nitrogens is 4. The number of aryl methyl sites for hydroxylation is 1. The number of rotatable bonds is 7. The predicted molar refractivity (Wildman–Crippen MR) is 137 cm³/mol. The molecular weight excluding hydrogens is 459 g/mol. The summed E-state index contributed by atoms with van der Waals surface area (Å²) in [5, 5.41) is 14.9. The number of aromatic amines is 1. The van der Waals surface area contributed by atoms with Crippen LogP contribution in [0.5, 0.6) is 5.75 Å². The molecule has 0 radical (unpaired) electrons. The third-order valence-corrected chi connectivity index (χ3v) is 6.87. The standard InChI is InChI=1S/C28H23FN4OS/c1-3-6-21(16-26-30-32-33-31-26)20-10-12-22(13-11-20)34-17-19-9-14-25-24(15-19)27(28(29)35-25)23-8-5-4-7-18(23)2/h4-5,7-15,21H,16-17H2,1-2H3,(H,30,31,32,33)/t21-/m0/s1. The molecule has 0 spiro atoms. The first-order chi connectivity index (χ1) is 17.1. The van der Waals surface area contributed by atoms with Crippen LogP contribution in [0.4, 0.5) is 4.39 Å². The molecule has 0 bridgehead atoms. The summed E-state index contributed by atoms with van der Waals surface area (Å²) in [7, 11) is 0. The smallest absolute Gasteiger partial charge is 0.185 e. The van der Waals surface area contributed by atoms with Gasteiger partial charge in [-0.05, 0) is 60.4 Å². The Morgan fingerprint density at radius 3 is 2.66 bits per heavy atom. The average molecular weight is 483 g/mol. The minimum atomic E-state index is -0.159. The lowest BCUT2D eigenvalue weighted by Crippen LogP contribution is -2.03. The minimum absolute atomic E-state index is 0.0255. The van der Waals surface area contributed by atoms with E-state index in [2.05, 4.69) is 32.5 Å². The number of hydrogen-bond acceptors (Lipinski definition) is 5. The monoisotopic (exact) mass is 482 g/mol. The Balaban J connectivity index is 1.33. The quantitative estimate of drug-likeness (QED) is 0.271. The molecule has 0 aliphatic heterocycles. The predicted octanol–water partition coefficient (Wildman–Crippen LogP) is 6.46. The lowest BCUT2D eigenvalue weighted by molar-refractivity contribution is 0.306. The van der Waals surface area contributed by atoms with Gasteiger partial charge in [-0.2, -0.15) is 9.60 Å². The molecule has 0 aliphatic carbocycles. The van der Waals surface area contributed by atoms with Crippen molar-refractivity contribution in [2.45, 2.75) is 32.8 Å². The van der Waals surface area contributed by atoms with Gasteiger partial charge in [0.2, 0.25) is 0 Å². The van der Waals surface area contributed by atoms with Crippen molar-refractivity contribution >= 4 is 21.4 Å². The zero-order valence-electron chi connectivity index (χ0n) is 19.4. The number of benzene rings is 3. The number of tetrazole rings is 1. The van der Waals surface area contributed by atoms with Crippen molar-refractivity contribution in [3.63, 3.8) is 0 Å². The SMILES string of the molecule is CC#C[C@@H](Cc1nn[nH]n1)c1ccc(OCc2ccc3sc(F)c(-c4ccccc4C)c3c2)cc1. The van der Waals surface area contributed by atoms with E-state index in [9.17, 15) is 4.39 Å². The zero-order chi connectivity index (χ0) is 24.2. The van der Waals surface area contributed by atoms with E-state index in [1.165, 1.54) is 11.3 Å². The highest BCUT2D eigenvalue weighted by molar-refractivity contribution is 7.18. The summed E-state index contributed by atoms with van der Waals surface area (Å²) in [5.41, 5.74) is 4.70. The van der Waals surface area contributed by atoms with Crippen LogP contribution in [-0.2, 0) is 13.0 Å². The molecule has 1 atom stereocenters. The number of thiophene rings is 1. The molecule has 2 heterocycles. The molecule has 174 valence electrons. The van der Waals surface area contributed by atoms with E-state index in [0.717, 1.165) is 38.1 Å². The van der Waals surface area contributed by atoms with Crippen LogP contribution in [0.3, 0.4) is 0 Å². The van der Waals surface area contributed by atoms with Gasteiger partial charge in [-0.1, -0.05) is 53.6 Å². The molecule has 0 saturated carbocycles. The number of ether oxygens (including phenoxy) is 1. The van der Waals surface area contributed by atoms with Crippen LogP contribution in [0.2, 0.25) is 0 Å². The van der Waals surface area contributed by atoms with Gasteiger partial charge in [0.05, 0.1) is 5.92 Å². The van der Waals surface area contributed by atoms with Crippen molar-refractivity contribution in [1.82, 2.24) is 20.6 Å².